The van der Waals surface area contributed by atoms with E-state index in [1.807, 2.05) is 0 Å². The van der Waals surface area contributed by atoms with Crippen LogP contribution >= 0.6 is 0 Å². The summed E-state index contributed by atoms with van der Waals surface area (Å²) in [4.78, 5) is 21.4. The molecule has 0 aromatic carbocycles. The van der Waals surface area contributed by atoms with Gasteiger partial charge in [0.05, 0.1) is 6.26 Å². The van der Waals surface area contributed by atoms with Crippen molar-refractivity contribution in [1.82, 2.24) is 0 Å². The Morgan fingerprint density at radius 1 is 1.20 bits per heavy atom. The molecule has 0 aromatic heterocycles. The molecule has 15 heavy (non-hydrogen) atoms. The predicted octanol–water partition coefficient (Wildman–Crippen LogP) is -0.633. The van der Waals surface area contributed by atoms with Crippen molar-refractivity contribution in [2.24, 2.45) is 0 Å². The van der Waals surface area contributed by atoms with E-state index in [1.54, 1.807) is 0 Å². The number of hydrogen-bond donors (Lipinski definition) is 1. The molecule has 8 heteroatoms. The normalized spacial score (nSPS) is 15.4. The van der Waals surface area contributed by atoms with Gasteiger partial charge in [-0.2, -0.15) is 8.42 Å². The summed E-state index contributed by atoms with van der Waals surface area (Å²) in [6, 6.07) is 0. The minimum atomic E-state index is -3.77. The summed E-state index contributed by atoms with van der Waals surface area (Å²) in [6.45, 7) is 2.30. The maximum atomic E-state index is 11.1. The SMILES string of the molecule is CC(OC(=O)C(C)OS(C)(=O)=O)C(=O)O. The first kappa shape index (κ1) is 13.8. The van der Waals surface area contributed by atoms with Gasteiger partial charge in [0.2, 0.25) is 0 Å². The summed E-state index contributed by atoms with van der Waals surface area (Å²) in [5.74, 6) is -2.37. The Morgan fingerprint density at radius 3 is 2.00 bits per heavy atom. The number of esters is 1. The van der Waals surface area contributed by atoms with Crippen LogP contribution in [0.5, 0.6) is 0 Å². The van der Waals surface area contributed by atoms with E-state index in [9.17, 15) is 18.0 Å². The fourth-order valence-electron chi connectivity index (χ4n) is 0.622. The predicted molar refractivity (Wildman–Crippen MR) is 48.6 cm³/mol. The van der Waals surface area contributed by atoms with E-state index in [0.29, 0.717) is 0 Å². The Bertz CT molecular complexity index is 344. The standard InChI is InChI=1S/C7H12O7S/c1-4(6(8)9)13-7(10)5(2)14-15(3,11)12/h4-5H,1-3H3,(H,8,9). The van der Waals surface area contributed by atoms with Crippen LogP contribution in [0.25, 0.3) is 0 Å². The molecule has 88 valence electrons. The Hall–Kier alpha value is -1.15. The highest BCUT2D eigenvalue weighted by Crippen LogP contribution is 2.02. The van der Waals surface area contributed by atoms with Crippen LogP contribution in [0.4, 0.5) is 0 Å². The third-order valence-corrected chi connectivity index (χ3v) is 1.93. The van der Waals surface area contributed by atoms with Gasteiger partial charge in [-0.15, -0.1) is 0 Å². The topological polar surface area (TPSA) is 107 Å². The highest BCUT2D eigenvalue weighted by Gasteiger charge is 2.24. The fourth-order valence-corrected chi connectivity index (χ4v) is 1.22. The van der Waals surface area contributed by atoms with Crippen LogP contribution in [0.2, 0.25) is 0 Å². The summed E-state index contributed by atoms with van der Waals surface area (Å²) < 4.78 is 29.9. The van der Waals surface area contributed by atoms with Crippen LogP contribution < -0.4 is 0 Å². The van der Waals surface area contributed by atoms with Crippen molar-refractivity contribution in [3.8, 4) is 0 Å². The number of hydrogen-bond acceptors (Lipinski definition) is 6. The molecule has 0 amide bonds. The molecule has 0 rings (SSSR count). The lowest BCUT2D eigenvalue weighted by Gasteiger charge is -2.13. The summed E-state index contributed by atoms with van der Waals surface area (Å²) >= 11 is 0. The van der Waals surface area contributed by atoms with Crippen molar-refractivity contribution in [2.75, 3.05) is 6.26 Å². The first-order chi connectivity index (χ1) is 6.63. The van der Waals surface area contributed by atoms with Crippen LogP contribution in [-0.4, -0.2) is 43.9 Å². The second-order valence-corrected chi connectivity index (χ2v) is 4.46. The Morgan fingerprint density at radius 2 is 1.67 bits per heavy atom. The molecule has 0 fully saturated rings. The summed E-state index contributed by atoms with van der Waals surface area (Å²) in [6.07, 6.45) is -1.93. The monoisotopic (exact) mass is 240 g/mol. The third kappa shape index (κ3) is 6.02. The lowest BCUT2D eigenvalue weighted by atomic mass is 10.4. The number of carboxylic acids is 1. The van der Waals surface area contributed by atoms with E-state index >= 15 is 0 Å². The van der Waals surface area contributed by atoms with Crippen LogP contribution in [0, 0.1) is 0 Å². The Labute approximate surface area is 87.1 Å². The average Bonchev–Trinajstić information content (AvgIpc) is 2.00. The number of carbonyl (C=O) groups excluding carboxylic acids is 1. The van der Waals surface area contributed by atoms with E-state index in [1.165, 1.54) is 0 Å². The Balaban J connectivity index is 4.29. The molecule has 0 spiro atoms. The van der Waals surface area contributed by atoms with Gasteiger partial charge in [0.1, 0.15) is 0 Å². The minimum absolute atomic E-state index is 0.775. The van der Waals surface area contributed by atoms with Gasteiger partial charge in [-0.3, -0.25) is 4.18 Å². The van der Waals surface area contributed by atoms with Gasteiger partial charge in [0, 0.05) is 0 Å². The van der Waals surface area contributed by atoms with Gasteiger partial charge in [-0.1, -0.05) is 0 Å². The number of carboxylic acid groups (broad SMARTS) is 1. The van der Waals surface area contributed by atoms with E-state index in [4.69, 9.17) is 5.11 Å². The maximum absolute atomic E-state index is 11.1. The molecule has 0 aliphatic rings. The molecule has 0 aromatic rings. The molecule has 0 saturated carbocycles. The second kappa shape index (κ2) is 5.08. The second-order valence-electron chi connectivity index (χ2n) is 2.86. The number of carbonyl (C=O) groups is 2. The van der Waals surface area contributed by atoms with Gasteiger partial charge in [0.15, 0.2) is 12.2 Å². The molecule has 7 nitrogen and oxygen atoms in total. The van der Waals surface area contributed by atoms with Gasteiger partial charge in [0.25, 0.3) is 10.1 Å². The number of ether oxygens (including phenoxy) is 1. The molecule has 0 heterocycles. The van der Waals surface area contributed by atoms with Crippen molar-refractivity contribution in [3.05, 3.63) is 0 Å². The molecular formula is C7H12O7S. The quantitative estimate of drug-likeness (QED) is 0.503. The number of aliphatic carboxylic acids is 1. The molecule has 0 aliphatic heterocycles. The van der Waals surface area contributed by atoms with E-state index < -0.39 is 34.3 Å². The third-order valence-electron chi connectivity index (χ3n) is 1.29. The van der Waals surface area contributed by atoms with E-state index in [0.717, 1.165) is 20.1 Å². The first-order valence-corrected chi connectivity index (χ1v) is 5.76. The summed E-state index contributed by atoms with van der Waals surface area (Å²) in [7, 11) is -3.77. The van der Waals surface area contributed by atoms with Gasteiger partial charge < -0.3 is 9.84 Å². The zero-order valence-corrected chi connectivity index (χ0v) is 9.28. The molecular weight excluding hydrogens is 228 g/mol. The largest absolute Gasteiger partial charge is 0.479 e. The molecule has 0 aliphatic carbocycles. The van der Waals surface area contributed by atoms with Crippen molar-refractivity contribution >= 4 is 22.1 Å². The molecule has 0 saturated heterocycles. The van der Waals surface area contributed by atoms with Gasteiger partial charge >= 0.3 is 11.9 Å². The molecule has 0 radical (unpaired) electrons. The highest BCUT2D eigenvalue weighted by atomic mass is 32.2. The average molecular weight is 240 g/mol. The van der Waals surface area contributed by atoms with E-state index in [2.05, 4.69) is 8.92 Å². The van der Waals surface area contributed by atoms with Crippen LogP contribution in [-0.2, 0) is 28.6 Å². The number of rotatable bonds is 5. The summed E-state index contributed by atoms with van der Waals surface area (Å²) in [5.41, 5.74) is 0. The molecule has 0 bridgehead atoms. The smallest absolute Gasteiger partial charge is 0.344 e. The van der Waals surface area contributed by atoms with Gasteiger partial charge in [-0.05, 0) is 13.8 Å². The Kier molecular flexibility index (Phi) is 4.69. The van der Waals surface area contributed by atoms with Crippen molar-refractivity contribution in [1.29, 1.82) is 0 Å². The van der Waals surface area contributed by atoms with Crippen molar-refractivity contribution in [2.45, 2.75) is 26.1 Å². The van der Waals surface area contributed by atoms with Crippen LogP contribution in [0.1, 0.15) is 13.8 Å². The van der Waals surface area contributed by atoms with Crippen LogP contribution in [0.3, 0.4) is 0 Å². The van der Waals surface area contributed by atoms with E-state index in [-0.39, 0.29) is 0 Å². The summed E-state index contributed by atoms with van der Waals surface area (Å²) in [5, 5.41) is 8.41. The van der Waals surface area contributed by atoms with Crippen molar-refractivity contribution < 1.29 is 32.0 Å². The lowest BCUT2D eigenvalue weighted by molar-refractivity contribution is -0.167. The van der Waals surface area contributed by atoms with Crippen molar-refractivity contribution in [3.63, 3.8) is 0 Å². The fraction of sp³-hybridized carbons (Fsp3) is 0.714. The zero-order valence-electron chi connectivity index (χ0n) is 8.46. The lowest BCUT2D eigenvalue weighted by Crippen LogP contribution is -2.31. The van der Waals surface area contributed by atoms with Crippen LogP contribution in [0.15, 0.2) is 0 Å². The maximum Gasteiger partial charge on any atom is 0.344 e. The highest BCUT2D eigenvalue weighted by molar-refractivity contribution is 7.86. The molecule has 2 atom stereocenters. The molecule has 1 N–H and O–H groups in total. The zero-order chi connectivity index (χ0) is 12.2. The minimum Gasteiger partial charge on any atom is -0.479 e. The van der Waals surface area contributed by atoms with Gasteiger partial charge in [-0.25, -0.2) is 9.59 Å². The first-order valence-electron chi connectivity index (χ1n) is 3.95. The molecule has 2 unspecified atom stereocenters.